The smallest absolute Gasteiger partial charge is 0.123 e. The summed E-state index contributed by atoms with van der Waals surface area (Å²) in [7, 11) is 0. The van der Waals surface area contributed by atoms with E-state index < -0.39 is 0 Å². The molecule has 1 aromatic carbocycles. The summed E-state index contributed by atoms with van der Waals surface area (Å²) in [6, 6.07) is 7.15. The Morgan fingerprint density at radius 1 is 1.25 bits per heavy atom. The van der Waals surface area contributed by atoms with Crippen molar-refractivity contribution in [1.29, 1.82) is 0 Å². The largest absolute Gasteiger partial charge is 0.309 e. The number of thioether (sulfide) groups is 1. The molecule has 0 aliphatic rings. The van der Waals surface area contributed by atoms with E-state index in [2.05, 4.69) is 19.2 Å². The Hall–Kier alpha value is -0.540. The van der Waals surface area contributed by atoms with Crippen molar-refractivity contribution in [3.8, 4) is 0 Å². The Bertz CT molecular complexity index is 278. The van der Waals surface area contributed by atoms with Crippen LogP contribution in [0.4, 0.5) is 4.39 Å². The van der Waals surface area contributed by atoms with E-state index in [9.17, 15) is 4.39 Å². The average molecular weight is 241 g/mol. The zero-order chi connectivity index (χ0) is 11.8. The standard InChI is InChI=1S/C13H20FNS/c1-3-9-15-13(10-16-4-2)11-5-7-12(14)8-6-11/h5-8,13,15H,3-4,9-10H2,1-2H3. The molecule has 0 fully saturated rings. The lowest BCUT2D eigenvalue weighted by molar-refractivity contribution is 0.574. The molecule has 0 spiro atoms. The molecule has 3 heteroatoms. The number of hydrogen-bond donors (Lipinski definition) is 1. The second-order valence-corrected chi connectivity index (χ2v) is 5.04. The highest BCUT2D eigenvalue weighted by Crippen LogP contribution is 2.18. The van der Waals surface area contributed by atoms with Gasteiger partial charge in [-0.25, -0.2) is 4.39 Å². The maximum atomic E-state index is 12.8. The van der Waals surface area contributed by atoms with Gasteiger partial charge < -0.3 is 5.32 Å². The molecule has 1 atom stereocenters. The molecule has 1 rings (SSSR count). The maximum Gasteiger partial charge on any atom is 0.123 e. The van der Waals surface area contributed by atoms with Crippen LogP contribution in [-0.4, -0.2) is 18.1 Å². The molecule has 0 heterocycles. The van der Waals surface area contributed by atoms with Gasteiger partial charge in [-0.2, -0.15) is 11.8 Å². The number of rotatable bonds is 7. The Labute approximate surface area is 102 Å². The third-order valence-electron chi connectivity index (χ3n) is 2.40. The maximum absolute atomic E-state index is 12.8. The van der Waals surface area contributed by atoms with Gasteiger partial charge in [0, 0.05) is 11.8 Å². The summed E-state index contributed by atoms with van der Waals surface area (Å²) in [6.45, 7) is 5.32. The quantitative estimate of drug-likeness (QED) is 0.782. The zero-order valence-corrected chi connectivity index (χ0v) is 10.8. The lowest BCUT2D eigenvalue weighted by Crippen LogP contribution is -2.24. The molecule has 90 valence electrons. The van der Waals surface area contributed by atoms with Crippen LogP contribution in [0.25, 0.3) is 0 Å². The average Bonchev–Trinajstić information content (AvgIpc) is 2.31. The minimum atomic E-state index is -0.166. The molecular formula is C13H20FNS. The molecule has 16 heavy (non-hydrogen) atoms. The van der Waals surface area contributed by atoms with Crippen LogP contribution in [0.5, 0.6) is 0 Å². The Morgan fingerprint density at radius 3 is 2.50 bits per heavy atom. The third kappa shape index (κ3) is 4.54. The first-order valence-corrected chi connectivity index (χ1v) is 7.00. The van der Waals surface area contributed by atoms with Gasteiger partial charge in [-0.1, -0.05) is 26.0 Å². The van der Waals surface area contributed by atoms with E-state index in [4.69, 9.17) is 0 Å². The summed E-state index contributed by atoms with van der Waals surface area (Å²) in [6.07, 6.45) is 1.12. The van der Waals surface area contributed by atoms with Crippen LogP contribution in [0.1, 0.15) is 31.9 Å². The predicted octanol–water partition coefficient (Wildman–Crippen LogP) is 3.62. The molecule has 0 aromatic heterocycles. The summed E-state index contributed by atoms with van der Waals surface area (Å²) >= 11 is 1.91. The molecule has 0 saturated carbocycles. The summed E-state index contributed by atoms with van der Waals surface area (Å²) in [4.78, 5) is 0. The van der Waals surface area contributed by atoms with Crippen molar-refractivity contribution in [2.24, 2.45) is 0 Å². The van der Waals surface area contributed by atoms with Crippen LogP contribution in [-0.2, 0) is 0 Å². The van der Waals surface area contributed by atoms with Crippen LogP contribution in [0.2, 0.25) is 0 Å². The first kappa shape index (κ1) is 13.5. The summed E-state index contributed by atoms with van der Waals surface area (Å²) in [5.74, 6) is 1.99. The summed E-state index contributed by atoms with van der Waals surface area (Å²) < 4.78 is 12.8. The van der Waals surface area contributed by atoms with Gasteiger partial charge in [-0.05, 0) is 36.4 Å². The molecule has 0 bridgehead atoms. The van der Waals surface area contributed by atoms with Crippen LogP contribution in [0.3, 0.4) is 0 Å². The molecule has 1 N–H and O–H groups in total. The van der Waals surface area contributed by atoms with Gasteiger partial charge in [0.15, 0.2) is 0 Å². The van der Waals surface area contributed by atoms with Gasteiger partial charge in [0.2, 0.25) is 0 Å². The van der Waals surface area contributed by atoms with Crippen molar-refractivity contribution in [2.75, 3.05) is 18.1 Å². The monoisotopic (exact) mass is 241 g/mol. The molecule has 1 unspecified atom stereocenters. The molecular weight excluding hydrogens is 221 g/mol. The number of hydrogen-bond acceptors (Lipinski definition) is 2. The van der Waals surface area contributed by atoms with E-state index >= 15 is 0 Å². The van der Waals surface area contributed by atoms with Crippen molar-refractivity contribution in [3.63, 3.8) is 0 Å². The van der Waals surface area contributed by atoms with Crippen LogP contribution in [0.15, 0.2) is 24.3 Å². The zero-order valence-electron chi connectivity index (χ0n) is 10.0. The normalized spacial score (nSPS) is 12.7. The SMILES string of the molecule is CCCNC(CSCC)c1ccc(F)cc1. The Balaban J connectivity index is 2.62. The Morgan fingerprint density at radius 2 is 1.94 bits per heavy atom. The van der Waals surface area contributed by atoms with Crippen LogP contribution < -0.4 is 5.32 Å². The van der Waals surface area contributed by atoms with E-state index in [1.165, 1.54) is 17.7 Å². The van der Waals surface area contributed by atoms with Gasteiger partial charge >= 0.3 is 0 Å². The molecule has 0 saturated heterocycles. The number of benzene rings is 1. The first-order valence-electron chi connectivity index (χ1n) is 5.84. The highest BCUT2D eigenvalue weighted by molar-refractivity contribution is 7.99. The highest BCUT2D eigenvalue weighted by atomic mass is 32.2. The summed E-state index contributed by atoms with van der Waals surface area (Å²) in [5, 5.41) is 3.50. The lowest BCUT2D eigenvalue weighted by Gasteiger charge is -2.18. The van der Waals surface area contributed by atoms with E-state index in [1.807, 2.05) is 23.9 Å². The van der Waals surface area contributed by atoms with Gasteiger partial charge in [-0.3, -0.25) is 0 Å². The first-order chi connectivity index (χ1) is 7.77. The van der Waals surface area contributed by atoms with Crippen molar-refractivity contribution in [1.82, 2.24) is 5.32 Å². The van der Waals surface area contributed by atoms with Gasteiger partial charge in [0.05, 0.1) is 0 Å². The molecule has 0 aliphatic carbocycles. The molecule has 1 nitrogen and oxygen atoms in total. The fourth-order valence-electron chi connectivity index (χ4n) is 1.52. The molecule has 1 aromatic rings. The minimum absolute atomic E-state index is 0.166. The fourth-order valence-corrected chi connectivity index (χ4v) is 2.30. The molecule has 0 amide bonds. The second kappa shape index (κ2) is 7.69. The number of halogens is 1. The Kier molecular flexibility index (Phi) is 6.50. The molecule has 0 radical (unpaired) electrons. The van der Waals surface area contributed by atoms with Crippen molar-refractivity contribution in [3.05, 3.63) is 35.6 Å². The van der Waals surface area contributed by atoms with Crippen molar-refractivity contribution < 1.29 is 4.39 Å². The van der Waals surface area contributed by atoms with Crippen molar-refractivity contribution in [2.45, 2.75) is 26.3 Å². The molecule has 0 aliphatic heterocycles. The number of nitrogens with one attached hydrogen (secondary N) is 1. The predicted molar refractivity (Wildman–Crippen MR) is 70.4 cm³/mol. The minimum Gasteiger partial charge on any atom is -0.309 e. The summed E-state index contributed by atoms with van der Waals surface area (Å²) in [5.41, 5.74) is 1.18. The van der Waals surface area contributed by atoms with Crippen LogP contribution in [0, 0.1) is 5.82 Å². The van der Waals surface area contributed by atoms with E-state index in [0.29, 0.717) is 6.04 Å². The van der Waals surface area contributed by atoms with E-state index in [1.54, 1.807) is 0 Å². The highest BCUT2D eigenvalue weighted by Gasteiger charge is 2.09. The lowest BCUT2D eigenvalue weighted by atomic mass is 10.1. The van der Waals surface area contributed by atoms with Crippen LogP contribution >= 0.6 is 11.8 Å². The van der Waals surface area contributed by atoms with Gasteiger partial charge in [-0.15, -0.1) is 0 Å². The van der Waals surface area contributed by atoms with Gasteiger partial charge in [0.25, 0.3) is 0 Å². The fraction of sp³-hybridized carbons (Fsp3) is 0.538. The van der Waals surface area contributed by atoms with Crippen molar-refractivity contribution >= 4 is 11.8 Å². The van der Waals surface area contributed by atoms with Gasteiger partial charge in [0.1, 0.15) is 5.82 Å². The van der Waals surface area contributed by atoms with E-state index in [0.717, 1.165) is 24.5 Å². The third-order valence-corrected chi connectivity index (χ3v) is 3.38. The topological polar surface area (TPSA) is 12.0 Å². The van der Waals surface area contributed by atoms with E-state index in [-0.39, 0.29) is 5.82 Å². The second-order valence-electron chi connectivity index (χ2n) is 3.72.